The Hall–Kier alpha value is -1.19. The standard InChI is InChI=1S/C11H15BrN2O5S/c1-11(2,3)19-10(15)14-9-5-4-7(12)8(13-9)6-20(16,17)18/h4-5H,6H2,1-3H3,(H,13,14,15)(H,16,17,18). The number of anilines is 1. The van der Waals surface area contributed by atoms with Gasteiger partial charge in [0.25, 0.3) is 10.1 Å². The second kappa shape index (κ2) is 6.06. The Bertz CT molecular complexity index is 610. The molecule has 9 heteroatoms. The highest BCUT2D eigenvalue weighted by Crippen LogP contribution is 2.20. The molecule has 0 unspecified atom stereocenters. The molecule has 2 N–H and O–H groups in total. The van der Waals surface area contributed by atoms with Gasteiger partial charge in [-0.1, -0.05) is 0 Å². The maximum atomic E-state index is 11.6. The Kier molecular flexibility index (Phi) is 5.11. The Morgan fingerprint density at radius 2 is 2.05 bits per heavy atom. The predicted molar refractivity (Wildman–Crippen MR) is 77.0 cm³/mol. The molecule has 1 heterocycles. The van der Waals surface area contributed by atoms with Crippen LogP contribution in [0, 0.1) is 0 Å². The maximum absolute atomic E-state index is 11.6. The Balaban J connectivity index is 2.88. The number of halogens is 1. The molecule has 0 aliphatic carbocycles. The van der Waals surface area contributed by atoms with Crippen LogP contribution in [0.15, 0.2) is 16.6 Å². The quantitative estimate of drug-likeness (QED) is 0.796. The van der Waals surface area contributed by atoms with Crippen LogP contribution >= 0.6 is 15.9 Å². The summed E-state index contributed by atoms with van der Waals surface area (Å²) >= 11 is 3.12. The summed E-state index contributed by atoms with van der Waals surface area (Å²) in [6.45, 7) is 5.14. The van der Waals surface area contributed by atoms with Crippen LogP contribution in [0.25, 0.3) is 0 Å². The normalized spacial score (nSPS) is 12.1. The molecule has 0 aromatic carbocycles. The minimum Gasteiger partial charge on any atom is -0.444 e. The van der Waals surface area contributed by atoms with Crippen LogP contribution in [0.2, 0.25) is 0 Å². The van der Waals surface area contributed by atoms with Gasteiger partial charge in [0, 0.05) is 4.47 Å². The Morgan fingerprint density at radius 1 is 1.45 bits per heavy atom. The summed E-state index contributed by atoms with van der Waals surface area (Å²) in [5.41, 5.74) is -0.572. The number of nitrogens with one attached hydrogen (secondary N) is 1. The van der Waals surface area contributed by atoms with E-state index in [9.17, 15) is 13.2 Å². The summed E-state index contributed by atoms with van der Waals surface area (Å²) in [6.07, 6.45) is -0.704. The molecule has 0 fully saturated rings. The Morgan fingerprint density at radius 3 is 2.55 bits per heavy atom. The van der Waals surface area contributed by atoms with Gasteiger partial charge in [0.05, 0.1) is 5.69 Å². The summed E-state index contributed by atoms with van der Waals surface area (Å²) in [5, 5.41) is 2.38. The molecule has 0 bridgehead atoms. The van der Waals surface area contributed by atoms with Crippen LogP contribution in [-0.4, -0.2) is 29.6 Å². The van der Waals surface area contributed by atoms with Crippen molar-refractivity contribution < 1.29 is 22.5 Å². The van der Waals surface area contributed by atoms with E-state index in [1.165, 1.54) is 12.1 Å². The average Bonchev–Trinajstić information content (AvgIpc) is 2.18. The van der Waals surface area contributed by atoms with Gasteiger partial charge in [0.15, 0.2) is 0 Å². The van der Waals surface area contributed by atoms with Crippen molar-refractivity contribution in [2.45, 2.75) is 32.1 Å². The number of ether oxygens (including phenoxy) is 1. The molecule has 0 saturated carbocycles. The second-order valence-corrected chi connectivity index (χ2v) is 7.28. The lowest BCUT2D eigenvalue weighted by atomic mass is 10.2. The van der Waals surface area contributed by atoms with E-state index in [-0.39, 0.29) is 11.5 Å². The van der Waals surface area contributed by atoms with Crippen molar-refractivity contribution in [1.29, 1.82) is 0 Å². The number of nitrogens with zero attached hydrogens (tertiary/aromatic N) is 1. The number of carbonyl (C=O) groups is 1. The van der Waals surface area contributed by atoms with Crippen LogP contribution in [0.3, 0.4) is 0 Å². The fourth-order valence-electron chi connectivity index (χ4n) is 1.24. The molecule has 7 nitrogen and oxygen atoms in total. The first kappa shape index (κ1) is 16.9. The fraction of sp³-hybridized carbons (Fsp3) is 0.455. The summed E-state index contributed by atoms with van der Waals surface area (Å²) < 4.78 is 36.0. The van der Waals surface area contributed by atoms with E-state index in [1.54, 1.807) is 20.8 Å². The first-order valence-corrected chi connectivity index (χ1v) is 7.97. The van der Waals surface area contributed by atoms with E-state index < -0.39 is 27.6 Å². The van der Waals surface area contributed by atoms with Gasteiger partial charge in [-0.3, -0.25) is 9.87 Å². The minimum atomic E-state index is -4.21. The molecule has 112 valence electrons. The number of amides is 1. The first-order chi connectivity index (χ1) is 8.96. The molecule has 1 aromatic heterocycles. The Labute approximate surface area is 125 Å². The predicted octanol–water partition coefficient (Wildman–Crippen LogP) is 2.58. The minimum absolute atomic E-state index is 0.0843. The maximum Gasteiger partial charge on any atom is 0.413 e. The smallest absolute Gasteiger partial charge is 0.413 e. The van der Waals surface area contributed by atoms with Crippen LogP contribution in [0.4, 0.5) is 10.6 Å². The molecule has 0 aliphatic rings. The molecule has 1 rings (SSSR count). The molecular formula is C11H15BrN2O5S. The van der Waals surface area contributed by atoms with Crippen molar-refractivity contribution in [3.8, 4) is 0 Å². The number of carbonyl (C=O) groups excluding carboxylic acids is 1. The van der Waals surface area contributed by atoms with E-state index in [0.717, 1.165) is 0 Å². The number of rotatable bonds is 3. The van der Waals surface area contributed by atoms with Crippen molar-refractivity contribution >= 4 is 38.0 Å². The fourth-order valence-corrected chi connectivity index (χ4v) is 2.35. The molecule has 0 radical (unpaired) electrons. The highest BCUT2D eigenvalue weighted by atomic mass is 79.9. The third-order valence-electron chi connectivity index (χ3n) is 1.87. The van der Waals surface area contributed by atoms with Gasteiger partial charge in [-0.2, -0.15) is 8.42 Å². The van der Waals surface area contributed by atoms with Crippen molar-refractivity contribution in [2.24, 2.45) is 0 Å². The zero-order chi connectivity index (χ0) is 15.6. The lowest BCUT2D eigenvalue weighted by Gasteiger charge is -2.19. The number of aromatic nitrogens is 1. The van der Waals surface area contributed by atoms with Crippen molar-refractivity contribution in [2.75, 3.05) is 5.32 Å². The highest BCUT2D eigenvalue weighted by Gasteiger charge is 2.18. The molecule has 0 saturated heterocycles. The molecule has 0 spiro atoms. The van der Waals surface area contributed by atoms with Gasteiger partial charge >= 0.3 is 6.09 Å². The zero-order valence-corrected chi connectivity index (χ0v) is 13.6. The third-order valence-corrected chi connectivity index (χ3v) is 3.23. The molecule has 20 heavy (non-hydrogen) atoms. The van der Waals surface area contributed by atoms with E-state index in [1.807, 2.05) is 0 Å². The van der Waals surface area contributed by atoms with Gasteiger partial charge in [-0.15, -0.1) is 0 Å². The molecule has 0 atom stereocenters. The van der Waals surface area contributed by atoms with Crippen LogP contribution in [0.1, 0.15) is 26.5 Å². The topological polar surface area (TPSA) is 106 Å². The lowest BCUT2D eigenvalue weighted by Crippen LogP contribution is -2.27. The number of hydrogen-bond acceptors (Lipinski definition) is 5. The molecule has 1 aromatic rings. The van der Waals surface area contributed by atoms with Gasteiger partial charge < -0.3 is 4.74 Å². The van der Waals surface area contributed by atoms with E-state index in [2.05, 4.69) is 26.2 Å². The monoisotopic (exact) mass is 366 g/mol. The largest absolute Gasteiger partial charge is 0.444 e. The van der Waals surface area contributed by atoms with Crippen LogP contribution < -0.4 is 5.32 Å². The molecule has 1 amide bonds. The SMILES string of the molecule is CC(C)(C)OC(=O)Nc1ccc(Br)c(CS(=O)(=O)O)n1. The first-order valence-electron chi connectivity index (χ1n) is 5.57. The summed E-state index contributed by atoms with van der Waals surface area (Å²) in [5.74, 6) is -0.529. The average molecular weight is 367 g/mol. The lowest BCUT2D eigenvalue weighted by molar-refractivity contribution is 0.0635. The van der Waals surface area contributed by atoms with Gasteiger partial charge in [0.2, 0.25) is 0 Å². The highest BCUT2D eigenvalue weighted by molar-refractivity contribution is 9.10. The van der Waals surface area contributed by atoms with Gasteiger partial charge in [0.1, 0.15) is 17.2 Å². The van der Waals surface area contributed by atoms with E-state index >= 15 is 0 Å². The van der Waals surface area contributed by atoms with Crippen LogP contribution in [0.5, 0.6) is 0 Å². The third kappa shape index (κ3) is 6.31. The second-order valence-electron chi connectivity index (χ2n) is 4.98. The molecule has 0 aliphatic heterocycles. The van der Waals surface area contributed by atoms with Crippen molar-refractivity contribution in [1.82, 2.24) is 4.98 Å². The van der Waals surface area contributed by atoms with Gasteiger partial charge in [-0.25, -0.2) is 9.78 Å². The van der Waals surface area contributed by atoms with E-state index in [4.69, 9.17) is 9.29 Å². The summed E-state index contributed by atoms with van der Waals surface area (Å²) in [4.78, 5) is 15.5. The van der Waals surface area contributed by atoms with Crippen molar-refractivity contribution in [3.05, 3.63) is 22.3 Å². The number of pyridine rings is 1. The van der Waals surface area contributed by atoms with Crippen molar-refractivity contribution in [3.63, 3.8) is 0 Å². The van der Waals surface area contributed by atoms with E-state index in [0.29, 0.717) is 4.47 Å². The number of hydrogen-bond donors (Lipinski definition) is 2. The summed E-state index contributed by atoms with van der Waals surface area (Å²) in [6, 6.07) is 2.99. The summed E-state index contributed by atoms with van der Waals surface area (Å²) in [7, 11) is -4.21. The van der Waals surface area contributed by atoms with Crippen LogP contribution in [-0.2, 0) is 20.6 Å². The van der Waals surface area contributed by atoms with Gasteiger partial charge in [-0.05, 0) is 48.8 Å². The zero-order valence-electron chi connectivity index (χ0n) is 11.2. The molecular weight excluding hydrogens is 352 g/mol.